The van der Waals surface area contributed by atoms with Gasteiger partial charge in [-0.1, -0.05) is 18.2 Å². The second-order valence-corrected chi connectivity index (χ2v) is 4.05. The van der Waals surface area contributed by atoms with Crippen LogP contribution in [0.5, 0.6) is 0 Å². The number of carbonyl (C=O) groups is 2. The van der Waals surface area contributed by atoms with Crippen molar-refractivity contribution in [2.24, 2.45) is 0 Å². The molecule has 0 bridgehead atoms. The van der Waals surface area contributed by atoms with E-state index in [-0.39, 0.29) is 11.9 Å². The van der Waals surface area contributed by atoms with E-state index in [1.165, 1.54) is 6.92 Å². The lowest BCUT2D eigenvalue weighted by atomic mass is 10.1. The molecule has 0 aliphatic carbocycles. The van der Waals surface area contributed by atoms with Crippen LogP contribution in [0.3, 0.4) is 0 Å². The van der Waals surface area contributed by atoms with Crippen molar-refractivity contribution in [3.05, 3.63) is 42.5 Å². The van der Waals surface area contributed by atoms with Crippen LogP contribution in [0.15, 0.2) is 36.9 Å². The predicted molar refractivity (Wildman–Crippen MR) is 76.0 cm³/mol. The molecule has 0 saturated heterocycles. The first-order chi connectivity index (χ1) is 9.11. The van der Waals surface area contributed by atoms with Gasteiger partial charge in [0.15, 0.2) is 0 Å². The maximum atomic E-state index is 11.3. The molecular formula is C14H19N3O2. The fourth-order valence-electron chi connectivity index (χ4n) is 1.51. The summed E-state index contributed by atoms with van der Waals surface area (Å²) in [7, 11) is 0. The quantitative estimate of drug-likeness (QED) is 0.682. The van der Waals surface area contributed by atoms with Crippen LogP contribution in [0, 0.1) is 0 Å². The molecule has 0 fully saturated rings. The van der Waals surface area contributed by atoms with Crippen molar-refractivity contribution in [1.82, 2.24) is 10.6 Å². The fourth-order valence-corrected chi connectivity index (χ4v) is 1.51. The highest BCUT2D eigenvalue weighted by Gasteiger charge is 1.99. The largest absolute Gasteiger partial charge is 0.338 e. The topological polar surface area (TPSA) is 70.2 Å². The van der Waals surface area contributed by atoms with Gasteiger partial charge in [-0.25, -0.2) is 4.79 Å². The van der Waals surface area contributed by atoms with Crippen LogP contribution in [-0.4, -0.2) is 25.0 Å². The van der Waals surface area contributed by atoms with Gasteiger partial charge < -0.3 is 16.0 Å². The first-order valence-corrected chi connectivity index (χ1v) is 6.11. The summed E-state index contributed by atoms with van der Waals surface area (Å²) in [6.07, 6.45) is 2.36. The maximum absolute atomic E-state index is 11.3. The highest BCUT2D eigenvalue weighted by atomic mass is 16.2. The Hall–Kier alpha value is -2.30. The van der Waals surface area contributed by atoms with E-state index in [4.69, 9.17) is 0 Å². The van der Waals surface area contributed by atoms with E-state index in [0.717, 1.165) is 17.7 Å². The minimum Gasteiger partial charge on any atom is -0.338 e. The van der Waals surface area contributed by atoms with E-state index in [1.807, 2.05) is 24.3 Å². The van der Waals surface area contributed by atoms with Gasteiger partial charge in [-0.15, -0.1) is 6.58 Å². The second kappa shape index (κ2) is 7.92. The Balaban J connectivity index is 2.31. The first-order valence-electron chi connectivity index (χ1n) is 6.11. The van der Waals surface area contributed by atoms with Crippen molar-refractivity contribution < 1.29 is 9.59 Å². The van der Waals surface area contributed by atoms with Gasteiger partial charge in [0.1, 0.15) is 0 Å². The molecule has 0 aliphatic heterocycles. The maximum Gasteiger partial charge on any atom is 0.315 e. The number of hydrogen-bond acceptors (Lipinski definition) is 2. The first kappa shape index (κ1) is 14.8. The minimum atomic E-state index is -0.199. The lowest BCUT2D eigenvalue weighted by Crippen LogP contribution is -2.36. The Morgan fingerprint density at radius 1 is 1.21 bits per heavy atom. The second-order valence-electron chi connectivity index (χ2n) is 4.05. The molecule has 19 heavy (non-hydrogen) atoms. The summed E-state index contributed by atoms with van der Waals surface area (Å²) in [5.41, 5.74) is 1.87. The van der Waals surface area contributed by atoms with E-state index in [2.05, 4.69) is 22.5 Å². The van der Waals surface area contributed by atoms with Gasteiger partial charge in [-0.2, -0.15) is 0 Å². The predicted octanol–water partition coefficient (Wildman–Crippen LogP) is 1.67. The molecule has 0 spiro atoms. The van der Waals surface area contributed by atoms with Gasteiger partial charge in [-0.05, 0) is 24.1 Å². The van der Waals surface area contributed by atoms with Crippen LogP contribution in [0.2, 0.25) is 0 Å². The van der Waals surface area contributed by atoms with Crippen LogP contribution in [0.1, 0.15) is 12.5 Å². The lowest BCUT2D eigenvalue weighted by Gasteiger charge is -2.07. The number of rotatable bonds is 6. The highest BCUT2D eigenvalue weighted by Crippen LogP contribution is 2.09. The van der Waals surface area contributed by atoms with E-state index in [0.29, 0.717) is 13.1 Å². The summed E-state index contributed by atoms with van der Waals surface area (Å²) in [4.78, 5) is 22.1. The summed E-state index contributed by atoms with van der Waals surface area (Å²) < 4.78 is 0. The SMILES string of the molecule is C=CCNC(=O)NCCc1ccc(NC(C)=O)cc1. The molecule has 0 aliphatic rings. The Morgan fingerprint density at radius 3 is 2.47 bits per heavy atom. The van der Waals surface area contributed by atoms with Gasteiger partial charge >= 0.3 is 6.03 Å². The molecule has 102 valence electrons. The molecule has 1 rings (SSSR count). The van der Waals surface area contributed by atoms with Crippen LogP contribution in [0.25, 0.3) is 0 Å². The fraction of sp³-hybridized carbons (Fsp3) is 0.286. The van der Waals surface area contributed by atoms with Crippen LogP contribution < -0.4 is 16.0 Å². The van der Waals surface area contributed by atoms with Gasteiger partial charge in [0, 0.05) is 25.7 Å². The number of hydrogen-bond donors (Lipinski definition) is 3. The normalized spacial score (nSPS) is 9.53. The average Bonchev–Trinajstić information content (AvgIpc) is 2.38. The molecule has 5 heteroatoms. The number of carbonyl (C=O) groups excluding carboxylic acids is 2. The Morgan fingerprint density at radius 2 is 1.89 bits per heavy atom. The Bertz CT molecular complexity index is 441. The molecule has 0 atom stereocenters. The van der Waals surface area contributed by atoms with Crippen molar-refractivity contribution in [3.8, 4) is 0 Å². The van der Waals surface area contributed by atoms with Gasteiger partial charge in [0.05, 0.1) is 0 Å². The number of anilines is 1. The van der Waals surface area contributed by atoms with Crippen molar-refractivity contribution in [2.45, 2.75) is 13.3 Å². The molecule has 0 aromatic heterocycles. The molecule has 1 aromatic rings. The third-order valence-electron chi connectivity index (χ3n) is 2.38. The van der Waals surface area contributed by atoms with Crippen LogP contribution in [0.4, 0.5) is 10.5 Å². The molecule has 5 nitrogen and oxygen atoms in total. The zero-order valence-corrected chi connectivity index (χ0v) is 11.0. The van der Waals surface area contributed by atoms with Crippen LogP contribution >= 0.6 is 0 Å². The van der Waals surface area contributed by atoms with Gasteiger partial charge in [-0.3, -0.25) is 4.79 Å². The smallest absolute Gasteiger partial charge is 0.315 e. The molecule has 3 amide bonds. The Labute approximate surface area is 113 Å². The summed E-state index contributed by atoms with van der Waals surface area (Å²) in [6, 6.07) is 7.33. The highest BCUT2D eigenvalue weighted by molar-refractivity contribution is 5.88. The van der Waals surface area contributed by atoms with Gasteiger partial charge in [0.25, 0.3) is 0 Å². The third kappa shape index (κ3) is 6.26. The average molecular weight is 261 g/mol. The lowest BCUT2D eigenvalue weighted by molar-refractivity contribution is -0.114. The van der Waals surface area contributed by atoms with Crippen molar-refractivity contribution in [3.63, 3.8) is 0 Å². The van der Waals surface area contributed by atoms with Crippen molar-refractivity contribution in [1.29, 1.82) is 0 Å². The van der Waals surface area contributed by atoms with Gasteiger partial charge in [0.2, 0.25) is 5.91 Å². The van der Waals surface area contributed by atoms with E-state index >= 15 is 0 Å². The molecule has 3 N–H and O–H groups in total. The van der Waals surface area contributed by atoms with E-state index in [9.17, 15) is 9.59 Å². The summed E-state index contributed by atoms with van der Waals surface area (Å²) >= 11 is 0. The summed E-state index contributed by atoms with van der Waals surface area (Å²) in [5.74, 6) is -0.0895. The van der Waals surface area contributed by atoms with Crippen molar-refractivity contribution >= 4 is 17.6 Å². The van der Waals surface area contributed by atoms with Crippen LogP contribution in [-0.2, 0) is 11.2 Å². The minimum absolute atomic E-state index is 0.0895. The summed E-state index contributed by atoms with van der Waals surface area (Å²) in [5, 5.41) is 8.08. The number of urea groups is 1. The molecule has 1 aromatic carbocycles. The molecule has 0 radical (unpaired) electrons. The number of benzene rings is 1. The molecular weight excluding hydrogens is 242 g/mol. The zero-order valence-electron chi connectivity index (χ0n) is 11.0. The zero-order chi connectivity index (χ0) is 14.1. The number of nitrogens with one attached hydrogen (secondary N) is 3. The summed E-state index contributed by atoms with van der Waals surface area (Å²) in [6.45, 7) is 6.00. The third-order valence-corrected chi connectivity index (χ3v) is 2.38. The molecule has 0 saturated carbocycles. The Kier molecular flexibility index (Phi) is 6.15. The number of amides is 3. The molecule has 0 heterocycles. The standard InChI is InChI=1S/C14H19N3O2/c1-3-9-15-14(19)16-10-8-12-4-6-13(7-5-12)17-11(2)18/h3-7H,1,8-10H2,2H3,(H,17,18)(H2,15,16,19). The monoisotopic (exact) mass is 261 g/mol. The van der Waals surface area contributed by atoms with Crippen molar-refractivity contribution in [2.75, 3.05) is 18.4 Å². The van der Waals surface area contributed by atoms with E-state index < -0.39 is 0 Å². The molecule has 0 unspecified atom stereocenters. The van der Waals surface area contributed by atoms with E-state index in [1.54, 1.807) is 6.08 Å².